The Morgan fingerprint density at radius 3 is 2.69 bits per heavy atom. The van der Waals surface area contributed by atoms with Gasteiger partial charge in [0.2, 0.25) is 0 Å². The highest BCUT2D eigenvalue weighted by atomic mass is 16.4. The van der Waals surface area contributed by atoms with Gasteiger partial charge in [0.15, 0.2) is 5.43 Å². The Kier molecular flexibility index (Phi) is 3.84. The maximum absolute atomic E-state index is 11.3. The molecule has 1 unspecified atom stereocenters. The van der Waals surface area contributed by atoms with E-state index in [1.54, 1.807) is 18.4 Å². The predicted octanol–water partition coefficient (Wildman–Crippen LogP) is 0.626. The highest BCUT2D eigenvalue weighted by Gasteiger charge is 2.10. The van der Waals surface area contributed by atoms with Crippen molar-refractivity contribution >= 4 is 5.97 Å². The zero-order valence-corrected chi connectivity index (χ0v) is 9.30. The maximum atomic E-state index is 11.3. The normalized spacial score (nSPS) is 12.4. The minimum absolute atomic E-state index is 0.240. The Morgan fingerprint density at radius 1 is 1.56 bits per heavy atom. The summed E-state index contributed by atoms with van der Waals surface area (Å²) in [7, 11) is 0. The number of carbonyl (C=O) groups is 1. The molecule has 0 aromatic carbocycles. The van der Waals surface area contributed by atoms with Crippen molar-refractivity contribution in [2.45, 2.75) is 32.9 Å². The number of carboxylic acids is 1. The summed E-state index contributed by atoms with van der Waals surface area (Å²) in [5.41, 5.74) is -0.0369. The number of hydrogen-bond acceptors (Lipinski definition) is 3. The number of pyridine rings is 1. The summed E-state index contributed by atoms with van der Waals surface area (Å²) in [4.78, 5) is 22.1. The van der Waals surface area contributed by atoms with Gasteiger partial charge in [0, 0.05) is 24.5 Å². The molecule has 1 aromatic rings. The van der Waals surface area contributed by atoms with Crippen molar-refractivity contribution in [1.82, 2.24) is 4.57 Å². The van der Waals surface area contributed by atoms with Gasteiger partial charge in [-0.05, 0) is 20.3 Å². The molecule has 5 nitrogen and oxygen atoms in total. The second-order valence-electron chi connectivity index (χ2n) is 3.83. The molecule has 0 spiro atoms. The van der Waals surface area contributed by atoms with E-state index in [4.69, 9.17) is 10.2 Å². The SMILES string of the molecule is Cc1cc(=O)c(C(=O)O)cn1CCC(C)O. The van der Waals surface area contributed by atoms with E-state index in [0.717, 1.165) is 0 Å². The Balaban J connectivity index is 3.05. The molecular formula is C11H15NO4. The minimum atomic E-state index is -1.23. The van der Waals surface area contributed by atoms with Crippen molar-refractivity contribution in [3.8, 4) is 0 Å². The summed E-state index contributed by atoms with van der Waals surface area (Å²) < 4.78 is 1.66. The second kappa shape index (κ2) is 4.94. The molecule has 88 valence electrons. The first-order valence-corrected chi connectivity index (χ1v) is 5.04. The number of hydrogen-bond donors (Lipinski definition) is 2. The van der Waals surface area contributed by atoms with E-state index in [1.807, 2.05) is 0 Å². The second-order valence-corrected chi connectivity index (χ2v) is 3.83. The molecular weight excluding hydrogens is 210 g/mol. The van der Waals surface area contributed by atoms with Crippen LogP contribution >= 0.6 is 0 Å². The molecule has 0 saturated carbocycles. The third kappa shape index (κ3) is 2.93. The quantitative estimate of drug-likeness (QED) is 0.787. The van der Waals surface area contributed by atoms with Gasteiger partial charge in [0.1, 0.15) is 5.56 Å². The largest absolute Gasteiger partial charge is 0.477 e. The lowest BCUT2D eigenvalue weighted by atomic mass is 10.2. The van der Waals surface area contributed by atoms with Crippen molar-refractivity contribution in [1.29, 1.82) is 0 Å². The van der Waals surface area contributed by atoms with Crippen LogP contribution in [0.5, 0.6) is 0 Å². The fourth-order valence-corrected chi connectivity index (χ4v) is 1.40. The summed E-state index contributed by atoms with van der Waals surface area (Å²) in [5.74, 6) is -1.23. The van der Waals surface area contributed by atoms with Crippen LogP contribution < -0.4 is 5.43 Å². The molecule has 0 amide bonds. The van der Waals surface area contributed by atoms with Crippen molar-refractivity contribution in [2.75, 3.05) is 0 Å². The maximum Gasteiger partial charge on any atom is 0.341 e. The van der Waals surface area contributed by atoms with Crippen molar-refractivity contribution in [2.24, 2.45) is 0 Å². The number of aliphatic hydroxyl groups excluding tert-OH is 1. The van der Waals surface area contributed by atoms with E-state index in [0.29, 0.717) is 18.7 Å². The van der Waals surface area contributed by atoms with Crippen LogP contribution in [0.25, 0.3) is 0 Å². The Hall–Kier alpha value is -1.62. The first kappa shape index (κ1) is 12.4. The first-order chi connectivity index (χ1) is 7.41. The van der Waals surface area contributed by atoms with Gasteiger partial charge in [0.05, 0.1) is 6.10 Å². The molecule has 1 aromatic heterocycles. The zero-order valence-electron chi connectivity index (χ0n) is 9.30. The topological polar surface area (TPSA) is 79.5 Å². The fourth-order valence-electron chi connectivity index (χ4n) is 1.40. The van der Waals surface area contributed by atoms with Crippen LogP contribution in [0.4, 0.5) is 0 Å². The lowest BCUT2D eigenvalue weighted by molar-refractivity contribution is 0.0694. The first-order valence-electron chi connectivity index (χ1n) is 5.04. The molecule has 0 saturated heterocycles. The molecule has 1 atom stereocenters. The zero-order chi connectivity index (χ0) is 12.3. The number of aryl methyl sites for hydroxylation is 2. The Morgan fingerprint density at radius 2 is 2.19 bits per heavy atom. The summed E-state index contributed by atoms with van der Waals surface area (Å²) >= 11 is 0. The van der Waals surface area contributed by atoms with Crippen LogP contribution in [0.15, 0.2) is 17.1 Å². The molecule has 1 rings (SSSR count). The van der Waals surface area contributed by atoms with Crippen LogP contribution in [-0.2, 0) is 6.54 Å². The molecule has 0 aliphatic carbocycles. The van der Waals surface area contributed by atoms with Crippen LogP contribution in [0.2, 0.25) is 0 Å². The molecule has 0 bridgehead atoms. The number of aliphatic hydroxyl groups is 1. The number of nitrogens with zero attached hydrogens (tertiary/aromatic N) is 1. The summed E-state index contributed by atoms with van der Waals surface area (Å²) in [6.45, 7) is 3.88. The van der Waals surface area contributed by atoms with E-state index in [-0.39, 0.29) is 5.56 Å². The van der Waals surface area contributed by atoms with Gasteiger partial charge in [0.25, 0.3) is 0 Å². The summed E-state index contributed by atoms with van der Waals surface area (Å²) in [6, 6.07) is 1.30. The van der Waals surface area contributed by atoms with E-state index >= 15 is 0 Å². The molecule has 0 fully saturated rings. The molecule has 0 aliphatic heterocycles. The standard InChI is InChI=1S/C11H15NO4/c1-7-5-10(14)9(11(15)16)6-12(7)4-3-8(2)13/h5-6,8,13H,3-4H2,1-2H3,(H,15,16). The van der Waals surface area contributed by atoms with E-state index in [2.05, 4.69) is 0 Å². The average Bonchev–Trinajstić information content (AvgIpc) is 2.15. The lowest BCUT2D eigenvalue weighted by Gasteiger charge is -2.12. The van der Waals surface area contributed by atoms with E-state index < -0.39 is 17.5 Å². The number of rotatable bonds is 4. The predicted molar refractivity (Wildman–Crippen MR) is 58.7 cm³/mol. The Bertz CT molecular complexity index is 448. The minimum Gasteiger partial charge on any atom is -0.477 e. The van der Waals surface area contributed by atoms with Crippen LogP contribution in [0.3, 0.4) is 0 Å². The smallest absolute Gasteiger partial charge is 0.341 e. The monoisotopic (exact) mass is 225 g/mol. The highest BCUT2D eigenvalue weighted by molar-refractivity contribution is 5.87. The molecule has 1 heterocycles. The summed E-state index contributed by atoms with van der Waals surface area (Å²) in [5, 5.41) is 17.9. The average molecular weight is 225 g/mol. The van der Waals surface area contributed by atoms with Gasteiger partial charge in [-0.3, -0.25) is 4.79 Å². The number of aromatic carboxylic acids is 1. The molecule has 5 heteroatoms. The van der Waals surface area contributed by atoms with Gasteiger partial charge < -0.3 is 14.8 Å². The molecule has 16 heavy (non-hydrogen) atoms. The lowest BCUT2D eigenvalue weighted by Crippen LogP contribution is -2.20. The third-order valence-electron chi connectivity index (χ3n) is 2.36. The fraction of sp³-hybridized carbons (Fsp3) is 0.455. The van der Waals surface area contributed by atoms with Gasteiger partial charge in [-0.2, -0.15) is 0 Å². The Labute approximate surface area is 93.0 Å². The van der Waals surface area contributed by atoms with Crippen LogP contribution in [0.1, 0.15) is 29.4 Å². The van der Waals surface area contributed by atoms with Crippen molar-refractivity contribution < 1.29 is 15.0 Å². The van der Waals surface area contributed by atoms with E-state index in [9.17, 15) is 9.59 Å². The highest BCUT2D eigenvalue weighted by Crippen LogP contribution is 2.03. The van der Waals surface area contributed by atoms with Crippen molar-refractivity contribution in [3.63, 3.8) is 0 Å². The van der Waals surface area contributed by atoms with Gasteiger partial charge in [-0.1, -0.05) is 0 Å². The third-order valence-corrected chi connectivity index (χ3v) is 2.36. The number of carboxylic acid groups (broad SMARTS) is 1. The van der Waals surface area contributed by atoms with Gasteiger partial charge in [-0.25, -0.2) is 4.79 Å². The molecule has 0 radical (unpaired) electrons. The van der Waals surface area contributed by atoms with E-state index in [1.165, 1.54) is 12.3 Å². The summed E-state index contributed by atoms with van der Waals surface area (Å²) in [6.07, 6.45) is 1.39. The number of aromatic nitrogens is 1. The molecule has 2 N–H and O–H groups in total. The van der Waals surface area contributed by atoms with Gasteiger partial charge in [-0.15, -0.1) is 0 Å². The molecule has 0 aliphatic rings. The van der Waals surface area contributed by atoms with Crippen LogP contribution in [0, 0.1) is 6.92 Å². The van der Waals surface area contributed by atoms with Gasteiger partial charge >= 0.3 is 5.97 Å². The van der Waals surface area contributed by atoms with Crippen LogP contribution in [-0.4, -0.2) is 26.9 Å². The van der Waals surface area contributed by atoms with Crippen molar-refractivity contribution in [3.05, 3.63) is 33.7 Å².